The molecule has 46 heavy (non-hydrogen) atoms. The molecule has 2 aliphatic heterocycles. The third-order valence-electron chi connectivity index (χ3n) is 8.12. The number of ether oxygens (including phenoxy) is 2. The van der Waals surface area contributed by atoms with Gasteiger partial charge in [-0.25, -0.2) is 14.5 Å². The molecule has 0 aromatic heterocycles. The molecule has 0 spiro atoms. The van der Waals surface area contributed by atoms with Crippen molar-refractivity contribution in [1.29, 1.82) is 0 Å². The molecule has 11 nitrogen and oxygen atoms in total. The standard InChI is InChI=1S/C33H35ClN5O6P/c1-37(2)46(34,42)44-20-24-18-39(33(41)43-21-29-27-14-8-6-12-25(27)26-13-7-9-15-28(26)29)19-31(45-24)38-17-16-30(35-22-38)36-32(40)23-10-4-3-5-11-23/h3-17,24,29,31H,18-22H2,1-2H3,(H,35,36,40)/t24-,31+,46?/m0/s1. The fourth-order valence-electron chi connectivity index (χ4n) is 5.69. The minimum Gasteiger partial charge on any atom is -0.448 e. The number of carbonyl (C=O) groups excluding carboxylic acids is 2. The molecule has 6 rings (SSSR count). The zero-order valence-electron chi connectivity index (χ0n) is 25.5. The maximum Gasteiger partial charge on any atom is 0.410 e. The van der Waals surface area contributed by atoms with Gasteiger partial charge in [-0.15, -0.1) is 0 Å². The van der Waals surface area contributed by atoms with E-state index in [1.54, 1.807) is 60.4 Å². The lowest BCUT2D eigenvalue weighted by Crippen LogP contribution is -2.56. The van der Waals surface area contributed by atoms with Crippen LogP contribution in [0.4, 0.5) is 4.79 Å². The molecule has 0 bridgehead atoms. The van der Waals surface area contributed by atoms with E-state index in [-0.39, 0.29) is 44.8 Å². The molecule has 2 amide bonds. The van der Waals surface area contributed by atoms with Crippen LogP contribution in [0, 0.1) is 0 Å². The van der Waals surface area contributed by atoms with Crippen LogP contribution >= 0.6 is 18.1 Å². The summed E-state index contributed by atoms with van der Waals surface area (Å²) < 4.78 is 31.7. The molecule has 1 fully saturated rings. The van der Waals surface area contributed by atoms with E-state index in [1.807, 2.05) is 30.3 Å². The van der Waals surface area contributed by atoms with Gasteiger partial charge in [-0.1, -0.05) is 66.7 Å². The molecule has 13 heteroatoms. The van der Waals surface area contributed by atoms with Crippen molar-refractivity contribution in [1.82, 2.24) is 19.8 Å². The molecule has 1 saturated heterocycles. The van der Waals surface area contributed by atoms with E-state index in [0.717, 1.165) is 22.3 Å². The summed E-state index contributed by atoms with van der Waals surface area (Å²) in [6, 6.07) is 25.2. The van der Waals surface area contributed by atoms with Gasteiger partial charge in [-0.3, -0.25) is 9.36 Å². The van der Waals surface area contributed by atoms with Crippen molar-refractivity contribution in [2.45, 2.75) is 18.2 Å². The van der Waals surface area contributed by atoms with Gasteiger partial charge in [0, 0.05) is 17.7 Å². The van der Waals surface area contributed by atoms with Gasteiger partial charge >= 0.3 is 13.0 Å². The third-order valence-corrected chi connectivity index (χ3v) is 10.7. The third kappa shape index (κ3) is 7.04. The first-order chi connectivity index (χ1) is 22.2. The summed E-state index contributed by atoms with van der Waals surface area (Å²) in [4.78, 5) is 34.0. The van der Waals surface area contributed by atoms with Crippen LogP contribution in [0.3, 0.4) is 0 Å². The van der Waals surface area contributed by atoms with E-state index in [1.165, 1.54) is 4.67 Å². The van der Waals surface area contributed by atoms with Gasteiger partial charge in [0.25, 0.3) is 5.91 Å². The van der Waals surface area contributed by atoms with Gasteiger partial charge in [0.1, 0.15) is 31.4 Å². The quantitative estimate of drug-likeness (QED) is 0.315. The van der Waals surface area contributed by atoms with E-state index >= 15 is 0 Å². The molecular weight excluding hydrogens is 629 g/mol. The smallest absolute Gasteiger partial charge is 0.410 e. The normalized spacial score (nSPS) is 20.5. The number of carbonyl (C=O) groups is 2. The molecule has 2 heterocycles. The second-order valence-corrected chi connectivity index (χ2v) is 14.6. The maximum absolute atomic E-state index is 13.6. The second-order valence-electron chi connectivity index (χ2n) is 11.4. The van der Waals surface area contributed by atoms with Crippen LogP contribution in [0.15, 0.2) is 96.1 Å². The number of benzene rings is 3. The van der Waals surface area contributed by atoms with Crippen LogP contribution in [0.2, 0.25) is 0 Å². The Balaban J connectivity index is 1.13. The zero-order valence-corrected chi connectivity index (χ0v) is 27.1. The number of halogens is 1. The number of nitrogens with one attached hydrogen (secondary N) is 1. The second kappa shape index (κ2) is 13.8. The topological polar surface area (TPSA) is 113 Å². The molecule has 3 aromatic rings. The number of aliphatic imine (C=N–C) groups is 1. The van der Waals surface area contributed by atoms with Crippen LogP contribution < -0.4 is 5.32 Å². The summed E-state index contributed by atoms with van der Waals surface area (Å²) in [5.74, 6) is 0.0538. The number of rotatable bonds is 8. The van der Waals surface area contributed by atoms with Gasteiger partial charge in [-0.2, -0.15) is 0 Å². The fraction of sp³-hybridized carbons (Fsp3) is 0.303. The molecule has 1 aliphatic carbocycles. The Kier molecular flexibility index (Phi) is 9.58. The van der Waals surface area contributed by atoms with Crippen molar-refractivity contribution in [3.8, 4) is 11.1 Å². The largest absolute Gasteiger partial charge is 0.448 e. The molecule has 3 atom stereocenters. The number of nitrogens with zero attached hydrogens (tertiary/aromatic N) is 4. The van der Waals surface area contributed by atoms with E-state index in [0.29, 0.717) is 11.4 Å². The average Bonchev–Trinajstić information content (AvgIpc) is 3.40. The summed E-state index contributed by atoms with van der Waals surface area (Å²) in [5, 5.41) is 2.80. The average molecular weight is 664 g/mol. The number of fused-ring (bicyclic) bond motifs is 3. The molecule has 0 radical (unpaired) electrons. The predicted molar refractivity (Wildman–Crippen MR) is 176 cm³/mol. The highest BCUT2D eigenvalue weighted by Gasteiger charge is 2.37. The molecule has 0 saturated carbocycles. The summed E-state index contributed by atoms with van der Waals surface area (Å²) in [6.45, 7) is -2.99. The Morgan fingerprint density at radius 3 is 2.26 bits per heavy atom. The highest BCUT2D eigenvalue weighted by atomic mass is 35.7. The highest BCUT2D eigenvalue weighted by Crippen LogP contribution is 2.54. The van der Waals surface area contributed by atoms with Crippen molar-refractivity contribution in [2.24, 2.45) is 4.99 Å². The number of amidine groups is 1. The molecule has 3 aliphatic rings. The first-order valence-corrected chi connectivity index (χ1v) is 17.4. The Hall–Kier alpha value is -3.99. The van der Waals surface area contributed by atoms with Crippen molar-refractivity contribution in [3.63, 3.8) is 0 Å². The zero-order chi connectivity index (χ0) is 32.3. The van der Waals surface area contributed by atoms with Crippen LogP contribution in [-0.2, 0) is 18.6 Å². The number of hydrogen-bond acceptors (Lipinski definition) is 8. The first-order valence-electron chi connectivity index (χ1n) is 14.9. The molecule has 1 unspecified atom stereocenters. The monoisotopic (exact) mass is 663 g/mol. The minimum absolute atomic E-state index is 0.0848. The summed E-state index contributed by atoms with van der Waals surface area (Å²) in [5.41, 5.74) is 5.05. The van der Waals surface area contributed by atoms with Crippen LogP contribution in [0.25, 0.3) is 11.1 Å². The summed E-state index contributed by atoms with van der Waals surface area (Å²) >= 11 is 6.11. The lowest BCUT2D eigenvalue weighted by Gasteiger charge is -2.42. The van der Waals surface area contributed by atoms with Gasteiger partial charge < -0.3 is 29.1 Å². The Morgan fingerprint density at radius 2 is 1.63 bits per heavy atom. The van der Waals surface area contributed by atoms with Crippen LogP contribution in [-0.4, -0.2) is 91.7 Å². The Morgan fingerprint density at radius 1 is 0.978 bits per heavy atom. The van der Waals surface area contributed by atoms with Crippen molar-refractivity contribution in [2.75, 3.05) is 47.1 Å². The maximum atomic E-state index is 13.6. The van der Waals surface area contributed by atoms with Crippen molar-refractivity contribution < 1.29 is 28.2 Å². The lowest BCUT2D eigenvalue weighted by molar-refractivity contribution is -0.143. The van der Waals surface area contributed by atoms with Crippen LogP contribution in [0.5, 0.6) is 0 Å². The fourth-order valence-corrected chi connectivity index (χ4v) is 6.44. The van der Waals surface area contributed by atoms with Gasteiger partial charge in [0.2, 0.25) is 0 Å². The van der Waals surface area contributed by atoms with Crippen molar-refractivity contribution in [3.05, 3.63) is 108 Å². The molecule has 240 valence electrons. The Bertz CT molecular complexity index is 1660. The van der Waals surface area contributed by atoms with E-state index in [2.05, 4.69) is 34.6 Å². The van der Waals surface area contributed by atoms with Gasteiger partial charge in [-0.05, 0) is 65.8 Å². The lowest BCUT2D eigenvalue weighted by atomic mass is 9.98. The number of morpholine rings is 1. The van der Waals surface area contributed by atoms with Crippen LogP contribution in [0.1, 0.15) is 27.4 Å². The summed E-state index contributed by atoms with van der Waals surface area (Å²) in [7, 11) is 3.12. The first kappa shape index (κ1) is 32.0. The highest BCUT2D eigenvalue weighted by molar-refractivity contribution is 7.83. The van der Waals surface area contributed by atoms with E-state index in [4.69, 9.17) is 25.2 Å². The Labute approximate surface area is 272 Å². The summed E-state index contributed by atoms with van der Waals surface area (Å²) in [6.07, 6.45) is 1.65. The molecular formula is C33H35ClN5O6P. The SMILES string of the molecule is CN(C)P(=O)(Cl)OC[C@@H]1CN(C(=O)OCC2c3ccccc3-c3ccccc32)C[C@H](N2C=CC(NC(=O)c3ccccc3)=NC2)O1. The van der Waals surface area contributed by atoms with Crippen molar-refractivity contribution >= 4 is 35.9 Å². The molecule has 1 N–H and O–H groups in total. The minimum atomic E-state index is -3.56. The predicted octanol–water partition coefficient (Wildman–Crippen LogP) is 5.50. The number of hydrogen-bond donors (Lipinski definition) is 1. The molecule has 3 aromatic carbocycles. The number of amides is 2. The van der Waals surface area contributed by atoms with E-state index < -0.39 is 25.3 Å². The van der Waals surface area contributed by atoms with E-state index in [9.17, 15) is 14.2 Å². The van der Waals surface area contributed by atoms with Gasteiger partial charge in [0.05, 0.1) is 19.7 Å². The van der Waals surface area contributed by atoms with Gasteiger partial charge in [0.15, 0.2) is 0 Å².